The highest BCUT2D eigenvalue weighted by Crippen LogP contribution is 2.12. The smallest absolute Gasteiger partial charge is 0.251 e. The molecule has 0 spiro atoms. The number of carbonyl (C=O) groups excluding carboxylic acids is 1. The fourth-order valence-electron chi connectivity index (χ4n) is 1.86. The number of nitrogens with two attached hydrogens (primary N) is 1. The van der Waals surface area contributed by atoms with Gasteiger partial charge in [0.1, 0.15) is 17.5 Å². The first-order chi connectivity index (χ1) is 9.95. The van der Waals surface area contributed by atoms with Crippen LogP contribution in [-0.4, -0.2) is 12.5 Å². The first kappa shape index (κ1) is 14.9. The Bertz CT molecular complexity index is 654. The Hall–Kier alpha value is -2.50. The van der Waals surface area contributed by atoms with Crippen molar-refractivity contribution in [3.63, 3.8) is 0 Å². The number of halogens is 3. The van der Waals surface area contributed by atoms with Crippen molar-refractivity contribution in [3.8, 4) is 0 Å². The van der Waals surface area contributed by atoms with Crippen molar-refractivity contribution in [3.05, 3.63) is 65.0 Å². The van der Waals surface area contributed by atoms with Gasteiger partial charge in [0.15, 0.2) is 0 Å². The van der Waals surface area contributed by atoms with E-state index >= 15 is 0 Å². The minimum atomic E-state index is -0.664. The van der Waals surface area contributed by atoms with E-state index in [0.717, 1.165) is 12.1 Å². The number of rotatable bonds is 4. The molecule has 0 bridgehead atoms. The van der Waals surface area contributed by atoms with Gasteiger partial charge in [-0.15, -0.1) is 0 Å². The molecule has 3 N–H and O–H groups in total. The van der Waals surface area contributed by atoms with Crippen LogP contribution in [0.4, 0.5) is 18.9 Å². The maximum atomic E-state index is 13.0. The molecule has 6 heteroatoms. The number of hydrogen-bond acceptors (Lipinski definition) is 2. The zero-order chi connectivity index (χ0) is 15.4. The zero-order valence-corrected chi connectivity index (χ0v) is 11.0. The van der Waals surface area contributed by atoms with Crippen LogP contribution in [-0.2, 0) is 6.42 Å². The molecule has 1 amide bonds. The first-order valence-corrected chi connectivity index (χ1v) is 6.24. The fraction of sp³-hybridized carbons (Fsp3) is 0.133. The van der Waals surface area contributed by atoms with Gasteiger partial charge in [0.2, 0.25) is 0 Å². The van der Waals surface area contributed by atoms with Crippen molar-refractivity contribution < 1.29 is 18.0 Å². The minimum Gasteiger partial charge on any atom is -0.396 e. The Morgan fingerprint density at radius 2 is 1.71 bits per heavy atom. The summed E-state index contributed by atoms with van der Waals surface area (Å²) in [6.07, 6.45) is 0.275. The number of hydrogen-bond donors (Lipinski definition) is 2. The first-order valence-electron chi connectivity index (χ1n) is 6.24. The lowest BCUT2D eigenvalue weighted by atomic mass is 10.1. The quantitative estimate of drug-likeness (QED) is 0.852. The Morgan fingerprint density at radius 1 is 1.05 bits per heavy atom. The third kappa shape index (κ3) is 3.98. The van der Waals surface area contributed by atoms with E-state index in [1.807, 2.05) is 0 Å². The molecule has 3 nitrogen and oxygen atoms in total. The van der Waals surface area contributed by atoms with Crippen molar-refractivity contribution in [2.24, 2.45) is 0 Å². The molecule has 0 unspecified atom stereocenters. The lowest BCUT2D eigenvalue weighted by molar-refractivity contribution is 0.0954. The van der Waals surface area contributed by atoms with Gasteiger partial charge < -0.3 is 11.1 Å². The number of carbonyl (C=O) groups is 1. The molecule has 0 radical (unpaired) electrons. The highest BCUT2D eigenvalue weighted by molar-refractivity contribution is 5.95. The van der Waals surface area contributed by atoms with Gasteiger partial charge in [0.05, 0.1) is 5.69 Å². The second-order valence-corrected chi connectivity index (χ2v) is 4.52. The van der Waals surface area contributed by atoms with Gasteiger partial charge in [-0.25, -0.2) is 13.2 Å². The van der Waals surface area contributed by atoms with Crippen molar-refractivity contribution in [1.82, 2.24) is 5.32 Å². The summed E-state index contributed by atoms with van der Waals surface area (Å²) in [5.41, 5.74) is 5.92. The maximum Gasteiger partial charge on any atom is 0.251 e. The molecule has 2 aromatic rings. The van der Waals surface area contributed by atoms with Crippen LogP contribution in [0.5, 0.6) is 0 Å². The molecule has 0 atom stereocenters. The van der Waals surface area contributed by atoms with Gasteiger partial charge in [-0.1, -0.05) is 0 Å². The molecule has 21 heavy (non-hydrogen) atoms. The molecule has 0 aliphatic heterocycles. The molecule has 2 aromatic carbocycles. The van der Waals surface area contributed by atoms with Gasteiger partial charge in [0, 0.05) is 18.2 Å². The van der Waals surface area contributed by atoms with Gasteiger partial charge in [-0.3, -0.25) is 4.79 Å². The van der Waals surface area contributed by atoms with E-state index in [2.05, 4.69) is 5.32 Å². The van der Waals surface area contributed by atoms with E-state index in [-0.39, 0.29) is 24.2 Å². The molecule has 2 rings (SSSR count). The largest absolute Gasteiger partial charge is 0.396 e. The van der Waals surface area contributed by atoms with E-state index < -0.39 is 23.4 Å². The predicted molar refractivity (Wildman–Crippen MR) is 73.2 cm³/mol. The van der Waals surface area contributed by atoms with Gasteiger partial charge >= 0.3 is 0 Å². The van der Waals surface area contributed by atoms with Gasteiger partial charge in [0.25, 0.3) is 5.91 Å². The highest BCUT2D eigenvalue weighted by Gasteiger charge is 2.08. The van der Waals surface area contributed by atoms with E-state index in [1.165, 1.54) is 24.3 Å². The lowest BCUT2D eigenvalue weighted by Crippen LogP contribution is -2.25. The SMILES string of the molecule is Nc1cc(C(=O)NCCc2cc(F)cc(F)c2)ccc1F. The second-order valence-electron chi connectivity index (χ2n) is 4.52. The third-order valence-electron chi connectivity index (χ3n) is 2.88. The summed E-state index contributed by atoms with van der Waals surface area (Å²) in [5, 5.41) is 2.57. The Balaban J connectivity index is 1.93. The maximum absolute atomic E-state index is 13.0. The van der Waals surface area contributed by atoms with E-state index in [4.69, 9.17) is 5.73 Å². The topological polar surface area (TPSA) is 55.1 Å². The lowest BCUT2D eigenvalue weighted by Gasteiger charge is -2.07. The molecular weight excluding hydrogens is 281 g/mol. The molecule has 0 aliphatic carbocycles. The van der Waals surface area contributed by atoms with E-state index in [9.17, 15) is 18.0 Å². The minimum absolute atomic E-state index is 0.116. The van der Waals surface area contributed by atoms with Crippen LogP contribution in [0.3, 0.4) is 0 Å². The Morgan fingerprint density at radius 3 is 2.33 bits per heavy atom. The standard InChI is InChI=1S/C15H13F3N2O/c16-11-5-9(6-12(17)8-11)3-4-20-15(21)10-1-2-13(18)14(19)7-10/h1-2,5-8H,3-4,19H2,(H,20,21). The van der Waals surface area contributed by atoms with Crippen LogP contribution in [0.1, 0.15) is 15.9 Å². The molecule has 0 fully saturated rings. The van der Waals surface area contributed by atoms with Crippen LogP contribution >= 0.6 is 0 Å². The number of amides is 1. The summed E-state index contributed by atoms with van der Waals surface area (Å²) < 4.78 is 39.0. The molecule has 0 saturated heterocycles. The molecule has 110 valence electrons. The van der Waals surface area contributed by atoms with Crippen LogP contribution in [0.2, 0.25) is 0 Å². The van der Waals surface area contributed by atoms with Crippen molar-refractivity contribution in [1.29, 1.82) is 0 Å². The summed E-state index contributed by atoms with van der Waals surface area (Å²) >= 11 is 0. The molecular formula is C15H13F3N2O. The van der Waals surface area contributed by atoms with Gasteiger partial charge in [-0.05, 0) is 42.3 Å². The molecule has 0 heterocycles. The van der Waals surface area contributed by atoms with Gasteiger partial charge in [-0.2, -0.15) is 0 Å². The van der Waals surface area contributed by atoms with Crippen molar-refractivity contribution >= 4 is 11.6 Å². The van der Waals surface area contributed by atoms with E-state index in [0.29, 0.717) is 5.56 Å². The van der Waals surface area contributed by atoms with Crippen LogP contribution in [0, 0.1) is 17.5 Å². The summed E-state index contributed by atoms with van der Waals surface area (Å²) in [7, 11) is 0. The number of anilines is 1. The molecule has 0 aliphatic rings. The summed E-state index contributed by atoms with van der Waals surface area (Å²) in [6.45, 7) is 0.193. The third-order valence-corrected chi connectivity index (χ3v) is 2.88. The predicted octanol–water partition coefficient (Wildman–Crippen LogP) is 2.66. The van der Waals surface area contributed by atoms with Crippen LogP contribution in [0.15, 0.2) is 36.4 Å². The normalized spacial score (nSPS) is 10.4. The van der Waals surface area contributed by atoms with E-state index in [1.54, 1.807) is 0 Å². The van der Waals surface area contributed by atoms with Crippen LogP contribution in [0.25, 0.3) is 0 Å². The van der Waals surface area contributed by atoms with Crippen LogP contribution < -0.4 is 11.1 Å². The fourth-order valence-corrected chi connectivity index (χ4v) is 1.86. The van der Waals surface area contributed by atoms with Crippen molar-refractivity contribution in [2.45, 2.75) is 6.42 Å². The summed E-state index contributed by atoms with van der Waals surface area (Å²) in [6, 6.07) is 6.82. The zero-order valence-electron chi connectivity index (χ0n) is 11.0. The Labute approximate surface area is 119 Å². The average molecular weight is 294 g/mol. The molecule has 0 aromatic heterocycles. The Kier molecular flexibility index (Phi) is 4.47. The van der Waals surface area contributed by atoms with Crippen molar-refractivity contribution in [2.75, 3.05) is 12.3 Å². The number of nitrogen functional groups attached to an aromatic ring is 1. The molecule has 0 saturated carbocycles. The average Bonchev–Trinajstić information content (AvgIpc) is 2.40. The summed E-state index contributed by atoms with van der Waals surface area (Å²) in [5.74, 6) is -2.36. The highest BCUT2D eigenvalue weighted by atomic mass is 19.1. The monoisotopic (exact) mass is 294 g/mol. The number of benzene rings is 2. The second kappa shape index (κ2) is 6.30. The summed E-state index contributed by atoms with van der Waals surface area (Å²) in [4.78, 5) is 11.8. The number of nitrogens with one attached hydrogen (secondary N) is 1.